The molecule has 1 aliphatic rings. The van der Waals surface area contributed by atoms with Crippen LogP contribution in [0.1, 0.15) is 63.8 Å². The lowest BCUT2D eigenvalue weighted by Crippen LogP contribution is -2.45. The lowest BCUT2D eigenvalue weighted by molar-refractivity contribution is -0.124. The van der Waals surface area contributed by atoms with Crippen LogP contribution in [0.25, 0.3) is 5.57 Å². The molecule has 0 spiro atoms. The van der Waals surface area contributed by atoms with Crippen LogP contribution >= 0.6 is 12.6 Å². The number of ether oxygens (including phenoxy) is 1. The molecule has 0 atom stereocenters. The van der Waals surface area contributed by atoms with Crippen molar-refractivity contribution in [1.82, 2.24) is 10.3 Å². The van der Waals surface area contributed by atoms with Gasteiger partial charge in [0, 0.05) is 17.0 Å². The molecule has 1 saturated heterocycles. The average Bonchev–Trinajstić information content (AvgIpc) is 2.91. The largest absolute Gasteiger partial charge is 0.508 e. The third-order valence-corrected chi connectivity index (χ3v) is 5.84. The Bertz CT molecular complexity index is 1250. The highest BCUT2D eigenvalue weighted by molar-refractivity contribution is 7.80. The highest BCUT2D eigenvalue weighted by Gasteiger charge is 2.14. The average molecular weight is 578 g/mol. The van der Waals surface area contributed by atoms with Gasteiger partial charge in [-0.1, -0.05) is 56.9 Å². The number of hydrogen-bond donors (Lipinski definition) is 3. The highest BCUT2D eigenvalue weighted by atomic mass is 32.1. The van der Waals surface area contributed by atoms with E-state index < -0.39 is 0 Å². The third-order valence-electron chi connectivity index (χ3n) is 5.50. The molecule has 0 radical (unpaired) electrons. The number of nitrogens with one attached hydrogen (secondary N) is 1. The van der Waals surface area contributed by atoms with E-state index in [9.17, 15) is 9.90 Å². The number of carbonyl (C=O) groups excluding carboxylic acids is 1. The summed E-state index contributed by atoms with van der Waals surface area (Å²) in [5.41, 5.74) is 6.57. The number of carbonyl (C=O) groups is 1. The van der Waals surface area contributed by atoms with Crippen molar-refractivity contribution >= 4 is 29.8 Å². The lowest BCUT2D eigenvalue weighted by atomic mass is 10.1. The van der Waals surface area contributed by atoms with Gasteiger partial charge in [-0.3, -0.25) is 9.80 Å². The molecule has 41 heavy (non-hydrogen) atoms. The molecule has 2 N–H and O–H groups in total. The molecule has 1 fully saturated rings. The smallest absolute Gasteiger partial charge is 0.241 e. The van der Waals surface area contributed by atoms with Gasteiger partial charge in [-0.05, 0) is 82.0 Å². The molecule has 0 unspecified atom stereocenters. The van der Waals surface area contributed by atoms with Gasteiger partial charge in [-0.25, -0.2) is 0 Å². The number of aromatic hydroxyl groups is 1. The number of piperazine rings is 1. The molecule has 1 aliphatic heterocycles. The van der Waals surface area contributed by atoms with Gasteiger partial charge in [0.25, 0.3) is 0 Å². The number of hydrazone groups is 1. The van der Waals surface area contributed by atoms with Gasteiger partial charge >= 0.3 is 0 Å². The maximum absolute atomic E-state index is 11.1. The van der Waals surface area contributed by atoms with Crippen LogP contribution < -0.4 is 10.1 Å². The van der Waals surface area contributed by atoms with Crippen LogP contribution in [-0.2, 0) is 11.4 Å². The molecule has 1 amide bonds. The summed E-state index contributed by atoms with van der Waals surface area (Å²) in [6.45, 7) is 25.3. The third kappa shape index (κ3) is 13.8. The van der Waals surface area contributed by atoms with E-state index in [0.717, 1.165) is 56.3 Å². The predicted octanol–water partition coefficient (Wildman–Crippen LogP) is 7.50. The molecule has 0 bridgehead atoms. The number of benzene rings is 2. The van der Waals surface area contributed by atoms with E-state index in [1.807, 2.05) is 84.9 Å². The number of hydrogen-bond acceptors (Lipinski definition) is 6. The number of aryl methyl sites for hydroxylation is 2. The first-order valence-electron chi connectivity index (χ1n) is 13.6. The maximum atomic E-state index is 11.1. The number of phenolic OH excluding ortho intramolecular Hbond substituents is 1. The minimum atomic E-state index is 0.0226. The lowest BCUT2D eigenvalue weighted by Gasteiger charge is -2.24. The van der Waals surface area contributed by atoms with E-state index in [1.165, 1.54) is 0 Å². The Morgan fingerprint density at radius 2 is 1.88 bits per heavy atom. The SMILES string of the molecule is C#CC.C=C(/C=C\C)/C(C)=N/N1CCNC(=O)C1.C=C(C)c1cc(C)c(OCc2ccc(C)cc2O)c(S)c1.CC. The molecule has 6 nitrogen and oxygen atoms in total. The molecule has 3 rings (SSSR count). The zero-order chi connectivity index (χ0) is 31.5. The fourth-order valence-electron chi connectivity index (χ4n) is 3.44. The van der Waals surface area contributed by atoms with Crippen molar-refractivity contribution in [2.45, 2.75) is 66.9 Å². The van der Waals surface area contributed by atoms with Gasteiger partial charge in [0.05, 0.1) is 12.3 Å². The maximum Gasteiger partial charge on any atom is 0.241 e. The highest BCUT2D eigenvalue weighted by Crippen LogP contribution is 2.32. The quantitative estimate of drug-likeness (QED) is 0.138. The Morgan fingerprint density at radius 1 is 1.24 bits per heavy atom. The van der Waals surface area contributed by atoms with Crippen molar-refractivity contribution in [2.75, 3.05) is 19.6 Å². The van der Waals surface area contributed by atoms with Crippen LogP contribution in [0, 0.1) is 26.2 Å². The summed E-state index contributed by atoms with van der Waals surface area (Å²) >= 11 is 4.49. The first-order chi connectivity index (χ1) is 19.4. The number of rotatable bonds is 7. The Kier molecular flexibility index (Phi) is 18.2. The molecule has 222 valence electrons. The molecular weight excluding hydrogens is 530 g/mol. The molecular formula is C34H47N3O3S. The van der Waals surface area contributed by atoms with E-state index in [-0.39, 0.29) is 11.7 Å². The fraction of sp³-hybridized carbons (Fsp3) is 0.353. The molecule has 7 heteroatoms. The van der Waals surface area contributed by atoms with E-state index in [1.54, 1.807) is 18.0 Å². The second kappa shape index (κ2) is 20.1. The van der Waals surface area contributed by atoms with E-state index in [2.05, 4.69) is 48.5 Å². The van der Waals surface area contributed by atoms with Crippen LogP contribution in [0.5, 0.6) is 11.5 Å². The van der Waals surface area contributed by atoms with Gasteiger partial charge in [-0.2, -0.15) is 5.10 Å². The second-order valence-electron chi connectivity index (χ2n) is 9.08. The molecule has 0 aromatic heterocycles. The van der Waals surface area contributed by atoms with Crippen molar-refractivity contribution in [2.24, 2.45) is 5.10 Å². The fourth-order valence-corrected chi connectivity index (χ4v) is 3.82. The molecule has 0 saturated carbocycles. The molecule has 2 aromatic rings. The summed E-state index contributed by atoms with van der Waals surface area (Å²) in [6, 6.07) is 9.55. The minimum absolute atomic E-state index is 0.0226. The summed E-state index contributed by atoms with van der Waals surface area (Å²) < 4.78 is 5.84. The Hall–Kier alpha value is -3.89. The Balaban J connectivity index is 0.000000702. The van der Waals surface area contributed by atoms with Crippen molar-refractivity contribution in [3.8, 4) is 23.8 Å². The molecule has 0 aliphatic carbocycles. The van der Waals surface area contributed by atoms with Crippen molar-refractivity contribution < 1.29 is 14.6 Å². The minimum Gasteiger partial charge on any atom is -0.508 e. The Labute approximate surface area is 253 Å². The van der Waals surface area contributed by atoms with E-state index in [4.69, 9.17) is 4.74 Å². The van der Waals surface area contributed by atoms with E-state index >= 15 is 0 Å². The van der Waals surface area contributed by atoms with Crippen LogP contribution in [0.4, 0.5) is 0 Å². The van der Waals surface area contributed by atoms with Crippen LogP contribution in [0.2, 0.25) is 0 Å². The molecule has 2 aromatic carbocycles. The summed E-state index contributed by atoms with van der Waals surface area (Å²) in [5.74, 6) is 3.27. The number of nitrogens with zero attached hydrogens (tertiary/aromatic N) is 2. The zero-order valence-electron chi connectivity index (χ0n) is 26.0. The standard InChI is InChI=1S/C18H20O2S.C11H17N3O.C3H4.C2H6/c1-11(2)15-8-13(4)18(17(21)9-15)20-10-14-6-5-12(3)7-16(14)19;1-4-5-9(2)10(3)13-14-7-6-12-11(15)8-14;1-3-2;1-2/h5-9,19,21H,1,10H2,2-4H3;4-5H,2,6-8H2,1,3H3,(H,12,15);1H,2H3;1-2H3/b;5-4-,13-10+;;. The number of thiol groups is 1. The zero-order valence-corrected chi connectivity index (χ0v) is 26.9. The topological polar surface area (TPSA) is 74.2 Å². The van der Waals surface area contributed by atoms with Crippen LogP contribution in [0.15, 0.2) is 71.2 Å². The van der Waals surface area contributed by atoms with Crippen molar-refractivity contribution in [3.63, 3.8) is 0 Å². The van der Waals surface area contributed by atoms with Gasteiger partial charge in [0.1, 0.15) is 24.7 Å². The Morgan fingerprint density at radius 3 is 2.39 bits per heavy atom. The van der Waals surface area contributed by atoms with E-state index in [0.29, 0.717) is 19.7 Å². The monoisotopic (exact) mass is 577 g/mol. The van der Waals surface area contributed by atoms with Crippen LogP contribution in [-0.4, -0.2) is 41.4 Å². The number of allylic oxidation sites excluding steroid dienone is 4. The summed E-state index contributed by atoms with van der Waals surface area (Å²) in [7, 11) is 0. The van der Waals surface area contributed by atoms with Gasteiger partial charge in [-0.15, -0.1) is 25.0 Å². The van der Waals surface area contributed by atoms with Gasteiger partial charge in [0.2, 0.25) is 5.91 Å². The number of amides is 1. The van der Waals surface area contributed by atoms with Gasteiger partial charge in [0.15, 0.2) is 0 Å². The summed E-state index contributed by atoms with van der Waals surface area (Å²) in [4.78, 5) is 11.9. The summed E-state index contributed by atoms with van der Waals surface area (Å²) in [6.07, 6.45) is 8.42. The van der Waals surface area contributed by atoms with Crippen LogP contribution in [0.3, 0.4) is 0 Å². The number of terminal acetylenes is 1. The first-order valence-corrected chi connectivity index (χ1v) is 14.0. The van der Waals surface area contributed by atoms with Gasteiger partial charge < -0.3 is 15.2 Å². The predicted molar refractivity (Wildman–Crippen MR) is 178 cm³/mol. The second-order valence-corrected chi connectivity index (χ2v) is 9.56. The first kappa shape index (κ1) is 37.1. The molecule has 1 heterocycles. The number of phenols is 1. The van der Waals surface area contributed by atoms with Crippen molar-refractivity contribution in [3.05, 3.63) is 83.5 Å². The van der Waals surface area contributed by atoms with Crippen molar-refractivity contribution in [1.29, 1.82) is 0 Å². The summed E-state index contributed by atoms with van der Waals surface area (Å²) in [5, 5.41) is 18.8. The normalized spacial score (nSPS) is 12.3.